The summed E-state index contributed by atoms with van der Waals surface area (Å²) in [4.78, 5) is 0. The van der Waals surface area contributed by atoms with Crippen molar-refractivity contribution in [2.45, 2.75) is 56.6 Å². The molecule has 1 aliphatic rings. The van der Waals surface area contributed by atoms with Gasteiger partial charge in [0.25, 0.3) is 0 Å². The Morgan fingerprint density at radius 2 is 1.92 bits per heavy atom. The minimum absolute atomic E-state index is 0.589. The Hall–Kier alpha value is -1.20. The molecule has 130 valence electrons. The third-order valence-electron chi connectivity index (χ3n) is 4.43. The summed E-state index contributed by atoms with van der Waals surface area (Å²) in [6.07, 6.45) is 6.50. The molecule has 6 heteroatoms. The van der Waals surface area contributed by atoms with Gasteiger partial charge >= 0.3 is 0 Å². The van der Waals surface area contributed by atoms with E-state index >= 15 is 0 Å². The Bertz CT molecular complexity index is 638. The van der Waals surface area contributed by atoms with Gasteiger partial charge in [0.15, 0.2) is 5.16 Å². The fourth-order valence-electron chi connectivity index (χ4n) is 3.19. The molecule has 0 saturated heterocycles. The van der Waals surface area contributed by atoms with Crippen molar-refractivity contribution in [3.8, 4) is 5.75 Å². The van der Waals surface area contributed by atoms with Crippen LogP contribution in [0.5, 0.6) is 5.75 Å². The van der Waals surface area contributed by atoms with E-state index in [9.17, 15) is 0 Å². The molecule has 0 atom stereocenters. The zero-order valence-electron chi connectivity index (χ0n) is 14.1. The van der Waals surface area contributed by atoms with Crippen LogP contribution in [0.3, 0.4) is 0 Å². The molecule has 1 saturated carbocycles. The predicted octanol–water partition coefficient (Wildman–Crippen LogP) is 5.17. The molecule has 1 aromatic heterocycles. The van der Waals surface area contributed by atoms with Crippen LogP contribution in [-0.2, 0) is 6.54 Å². The van der Waals surface area contributed by atoms with Crippen molar-refractivity contribution >= 4 is 23.4 Å². The van der Waals surface area contributed by atoms with Crippen molar-refractivity contribution in [3.05, 3.63) is 35.1 Å². The molecular formula is C18H24ClN3OS. The molecule has 4 nitrogen and oxygen atoms in total. The smallest absolute Gasteiger partial charge is 0.191 e. The maximum atomic E-state index is 5.88. The highest BCUT2D eigenvalue weighted by molar-refractivity contribution is 7.99. The van der Waals surface area contributed by atoms with E-state index in [0.717, 1.165) is 28.2 Å². The normalized spacial score (nSPS) is 15.6. The summed E-state index contributed by atoms with van der Waals surface area (Å²) in [5, 5.41) is 10.7. The van der Waals surface area contributed by atoms with Crippen LogP contribution >= 0.6 is 23.4 Å². The second-order valence-corrected chi connectivity index (χ2v) is 7.57. The molecule has 3 rings (SSSR count). The molecule has 0 unspecified atom stereocenters. The number of nitrogens with zero attached hydrogens (tertiary/aromatic N) is 3. The van der Waals surface area contributed by atoms with Crippen LogP contribution in [-0.4, -0.2) is 27.1 Å². The lowest BCUT2D eigenvalue weighted by Crippen LogP contribution is -2.12. The highest BCUT2D eigenvalue weighted by Crippen LogP contribution is 2.33. The zero-order valence-corrected chi connectivity index (χ0v) is 15.7. The molecule has 1 heterocycles. The Kier molecular flexibility index (Phi) is 6.44. The van der Waals surface area contributed by atoms with E-state index < -0.39 is 0 Å². The van der Waals surface area contributed by atoms with Gasteiger partial charge in [-0.15, -0.1) is 10.2 Å². The molecule has 0 radical (unpaired) electrons. The SMILES string of the molecule is CCn1c(SCCOc2ccc(Cl)cc2)nnc1C1CCCCC1. The fraction of sp³-hybridized carbons (Fsp3) is 0.556. The van der Waals surface area contributed by atoms with Gasteiger partial charge in [0, 0.05) is 23.2 Å². The third kappa shape index (κ3) is 4.45. The van der Waals surface area contributed by atoms with Crippen LogP contribution in [0, 0.1) is 0 Å². The fourth-order valence-corrected chi connectivity index (χ4v) is 4.14. The number of rotatable bonds is 7. The lowest BCUT2D eigenvalue weighted by Gasteiger charge is -2.21. The topological polar surface area (TPSA) is 39.9 Å². The average molecular weight is 366 g/mol. The van der Waals surface area contributed by atoms with Gasteiger partial charge in [-0.05, 0) is 44.0 Å². The first-order valence-electron chi connectivity index (χ1n) is 8.72. The van der Waals surface area contributed by atoms with Gasteiger partial charge in [0.05, 0.1) is 6.61 Å². The first-order valence-corrected chi connectivity index (χ1v) is 10.1. The van der Waals surface area contributed by atoms with E-state index in [1.54, 1.807) is 11.8 Å². The Labute approximate surface area is 152 Å². The standard InChI is InChI=1S/C18H24ClN3OS/c1-2-22-17(14-6-4-3-5-7-14)20-21-18(22)24-13-12-23-16-10-8-15(19)9-11-16/h8-11,14H,2-7,12-13H2,1H3. The number of ether oxygens (including phenoxy) is 1. The number of hydrogen-bond donors (Lipinski definition) is 0. The van der Waals surface area contributed by atoms with Gasteiger partial charge in [-0.3, -0.25) is 0 Å². The molecular weight excluding hydrogens is 342 g/mol. The van der Waals surface area contributed by atoms with Crippen molar-refractivity contribution in [2.75, 3.05) is 12.4 Å². The molecule has 2 aromatic rings. The second-order valence-electron chi connectivity index (χ2n) is 6.07. The Balaban J connectivity index is 1.53. The molecule has 1 aromatic carbocycles. The highest BCUT2D eigenvalue weighted by Gasteiger charge is 2.22. The Morgan fingerprint density at radius 1 is 1.17 bits per heavy atom. The van der Waals surface area contributed by atoms with Crippen LogP contribution in [0.15, 0.2) is 29.4 Å². The molecule has 24 heavy (non-hydrogen) atoms. The van der Waals surface area contributed by atoms with Gasteiger partial charge < -0.3 is 9.30 Å². The molecule has 1 fully saturated rings. The summed E-state index contributed by atoms with van der Waals surface area (Å²) in [6, 6.07) is 7.47. The minimum Gasteiger partial charge on any atom is -0.493 e. The molecule has 0 amide bonds. The summed E-state index contributed by atoms with van der Waals surface area (Å²) >= 11 is 7.59. The molecule has 0 N–H and O–H groups in total. The van der Waals surface area contributed by atoms with Gasteiger partial charge in [-0.1, -0.05) is 42.6 Å². The number of thioether (sulfide) groups is 1. The molecule has 1 aliphatic carbocycles. The van der Waals surface area contributed by atoms with E-state index in [1.807, 2.05) is 24.3 Å². The van der Waals surface area contributed by atoms with E-state index in [-0.39, 0.29) is 0 Å². The average Bonchev–Trinajstić information content (AvgIpc) is 3.04. The number of halogens is 1. The van der Waals surface area contributed by atoms with Gasteiger partial charge in [-0.2, -0.15) is 0 Å². The lowest BCUT2D eigenvalue weighted by molar-refractivity contribution is 0.344. The summed E-state index contributed by atoms with van der Waals surface area (Å²) in [5.74, 6) is 3.47. The van der Waals surface area contributed by atoms with Crippen LogP contribution in [0.25, 0.3) is 0 Å². The lowest BCUT2D eigenvalue weighted by atomic mass is 9.89. The van der Waals surface area contributed by atoms with E-state index in [0.29, 0.717) is 12.5 Å². The van der Waals surface area contributed by atoms with Crippen molar-refractivity contribution in [1.29, 1.82) is 0 Å². The van der Waals surface area contributed by atoms with E-state index in [2.05, 4.69) is 21.7 Å². The van der Waals surface area contributed by atoms with Gasteiger partial charge in [0.1, 0.15) is 11.6 Å². The second kappa shape index (κ2) is 8.77. The minimum atomic E-state index is 0.589. The van der Waals surface area contributed by atoms with Crippen molar-refractivity contribution in [2.24, 2.45) is 0 Å². The van der Waals surface area contributed by atoms with Crippen molar-refractivity contribution in [3.63, 3.8) is 0 Å². The monoisotopic (exact) mass is 365 g/mol. The zero-order chi connectivity index (χ0) is 16.8. The number of benzene rings is 1. The molecule has 0 bridgehead atoms. The van der Waals surface area contributed by atoms with E-state index in [4.69, 9.17) is 16.3 Å². The summed E-state index contributed by atoms with van der Waals surface area (Å²) in [7, 11) is 0. The maximum Gasteiger partial charge on any atom is 0.191 e. The quantitative estimate of drug-likeness (QED) is 0.501. The first kappa shape index (κ1) is 17.6. The Morgan fingerprint density at radius 3 is 2.62 bits per heavy atom. The first-order chi connectivity index (χ1) is 11.8. The molecule has 0 spiro atoms. The largest absolute Gasteiger partial charge is 0.493 e. The predicted molar refractivity (Wildman–Crippen MR) is 99.2 cm³/mol. The van der Waals surface area contributed by atoms with Crippen LogP contribution in [0.2, 0.25) is 5.02 Å². The van der Waals surface area contributed by atoms with Crippen LogP contribution < -0.4 is 4.74 Å². The third-order valence-corrected chi connectivity index (χ3v) is 5.61. The van der Waals surface area contributed by atoms with Crippen molar-refractivity contribution in [1.82, 2.24) is 14.8 Å². The number of aromatic nitrogens is 3. The van der Waals surface area contributed by atoms with Crippen molar-refractivity contribution < 1.29 is 4.74 Å². The summed E-state index contributed by atoms with van der Waals surface area (Å²) in [5.41, 5.74) is 0. The van der Waals surface area contributed by atoms with E-state index in [1.165, 1.54) is 37.9 Å². The van der Waals surface area contributed by atoms with Crippen LogP contribution in [0.4, 0.5) is 0 Å². The highest BCUT2D eigenvalue weighted by atomic mass is 35.5. The molecule has 0 aliphatic heterocycles. The number of hydrogen-bond acceptors (Lipinski definition) is 4. The van der Waals surface area contributed by atoms with Gasteiger partial charge in [-0.25, -0.2) is 0 Å². The maximum absolute atomic E-state index is 5.88. The van der Waals surface area contributed by atoms with Gasteiger partial charge in [0.2, 0.25) is 0 Å². The summed E-state index contributed by atoms with van der Waals surface area (Å²) in [6.45, 7) is 3.74. The summed E-state index contributed by atoms with van der Waals surface area (Å²) < 4.78 is 8.02. The van der Waals surface area contributed by atoms with Crippen LogP contribution in [0.1, 0.15) is 50.8 Å².